The fraction of sp³-hybridized carbons (Fsp3) is 0.963. The summed E-state index contributed by atoms with van der Waals surface area (Å²) in [6, 6.07) is 0. The summed E-state index contributed by atoms with van der Waals surface area (Å²) in [4.78, 5) is 12.1. The highest BCUT2D eigenvalue weighted by Gasteiger charge is 2.66. The maximum Gasteiger partial charge on any atom is 0.399 e. The molecule has 0 radical (unpaired) electrons. The van der Waals surface area contributed by atoms with Crippen molar-refractivity contribution in [2.75, 3.05) is 6.61 Å². The van der Waals surface area contributed by atoms with Crippen LogP contribution in [-0.4, -0.2) is 70.4 Å². The van der Waals surface area contributed by atoms with E-state index in [0.29, 0.717) is 25.7 Å². The molecule has 0 aromatic heterocycles. The highest BCUT2D eigenvalue weighted by Crippen LogP contribution is 2.68. The minimum Gasteiger partial charge on any atom is -0.743 e. The van der Waals surface area contributed by atoms with Gasteiger partial charge in [-0.1, -0.05) is 20.8 Å². The van der Waals surface area contributed by atoms with Gasteiger partial charge in [0.25, 0.3) is 0 Å². The summed E-state index contributed by atoms with van der Waals surface area (Å²) in [6.45, 7) is 3.88. The van der Waals surface area contributed by atoms with E-state index >= 15 is 0 Å². The number of carbonyl (C=O) groups is 1. The molecule has 0 heterocycles. The van der Waals surface area contributed by atoms with Crippen molar-refractivity contribution in [3.63, 3.8) is 0 Å². The average molecular weight is 602 g/mol. The van der Waals surface area contributed by atoms with Gasteiger partial charge in [0.2, 0.25) is 0 Å². The fourth-order valence-corrected chi connectivity index (χ4v) is 9.61. The zero-order valence-corrected chi connectivity index (χ0v) is 23.9. The summed E-state index contributed by atoms with van der Waals surface area (Å²) >= 11 is 0. The van der Waals surface area contributed by atoms with E-state index in [1.54, 1.807) is 0 Å². The first-order chi connectivity index (χ1) is 18.3. The summed E-state index contributed by atoms with van der Waals surface area (Å²) in [7, 11) is -6.67. The molecule has 0 aliphatic heterocycles. The first-order valence-corrected chi connectivity index (χ1v) is 15.6. The van der Waals surface area contributed by atoms with Crippen LogP contribution in [0.4, 0.5) is 17.6 Å². The van der Waals surface area contributed by atoms with Gasteiger partial charge in [-0.15, -0.1) is 0 Å². The number of carbonyl (C=O) groups excluding carboxylic acids is 1. The van der Waals surface area contributed by atoms with Gasteiger partial charge in [-0.3, -0.25) is 4.79 Å². The van der Waals surface area contributed by atoms with E-state index in [1.807, 2.05) is 13.8 Å². The Morgan fingerprint density at radius 2 is 1.70 bits per heavy atom. The van der Waals surface area contributed by atoms with Crippen LogP contribution < -0.4 is 0 Å². The zero-order chi connectivity index (χ0) is 30.1. The Balaban J connectivity index is 1.40. The van der Waals surface area contributed by atoms with Crippen LogP contribution in [0.5, 0.6) is 0 Å². The van der Waals surface area contributed by atoms with Gasteiger partial charge in [-0.2, -0.15) is 17.6 Å². The maximum absolute atomic E-state index is 13.6. The van der Waals surface area contributed by atoms with Gasteiger partial charge in [-0.05, 0) is 97.7 Å². The van der Waals surface area contributed by atoms with Gasteiger partial charge < -0.3 is 24.6 Å². The molecule has 4 saturated carbocycles. The molecule has 8 nitrogen and oxygen atoms in total. The van der Waals surface area contributed by atoms with Crippen molar-refractivity contribution in [2.45, 2.75) is 108 Å². The van der Waals surface area contributed by atoms with Crippen LogP contribution >= 0.6 is 0 Å². The van der Waals surface area contributed by atoms with E-state index in [1.165, 1.54) is 0 Å². The van der Waals surface area contributed by atoms with Crippen molar-refractivity contribution in [3.05, 3.63) is 0 Å². The number of esters is 1. The largest absolute Gasteiger partial charge is 0.743 e. The number of halogens is 4. The van der Waals surface area contributed by atoms with Crippen molar-refractivity contribution >= 4 is 16.1 Å². The molecule has 0 spiro atoms. The van der Waals surface area contributed by atoms with Crippen LogP contribution in [0.3, 0.4) is 0 Å². The molecule has 4 aliphatic carbocycles. The molecule has 0 aromatic rings. The first-order valence-electron chi connectivity index (χ1n) is 14.2. The Morgan fingerprint density at radius 1 is 1.05 bits per heavy atom. The van der Waals surface area contributed by atoms with Gasteiger partial charge in [0.05, 0.1) is 18.3 Å². The van der Waals surface area contributed by atoms with Gasteiger partial charge in [0, 0.05) is 6.42 Å². The number of aliphatic hydroxyl groups excluding tert-OH is 3. The molecule has 0 amide bonds. The molecule has 4 rings (SSSR count). The highest BCUT2D eigenvalue weighted by atomic mass is 32.2. The van der Waals surface area contributed by atoms with E-state index in [2.05, 4.69) is 11.7 Å². The standard InChI is InChI=1S/C27H42F4O8S/c1-14(4-7-22(35)39-13-26(28,29)27(30,31)40(36,37)38)17-5-6-18-23-19(12-21(34)25(17,18)3)24(2)9-8-16(32)10-15(24)11-20(23)33/h14-21,23,32-34H,4-13H2,1-3H3,(H,36,37,38)/p-1/t14-,15+,16-,17-,18+,19+,20-,21+,23+,24+,25-/m1/s1. The minimum absolute atomic E-state index is 0.00625. The molecule has 13 heteroatoms. The Hall–Kier alpha value is -1.02. The summed E-state index contributed by atoms with van der Waals surface area (Å²) < 4.78 is 89.6. The monoisotopic (exact) mass is 601 g/mol. The lowest BCUT2D eigenvalue weighted by molar-refractivity contribution is -0.207. The second-order valence-corrected chi connectivity index (χ2v) is 14.8. The molecular formula is C27H41F4O8S-. The SMILES string of the molecule is C[C@H](CCC(=O)OCC(F)(F)C(F)(F)S(=O)(=O)[O-])[C@H]1CC[C@H]2[C@@H]3[C@H](O)C[C@@H]4C[C@H](O)CC[C@]4(C)[C@H]3C[C@H](O)[C@]12C. The van der Waals surface area contributed by atoms with E-state index < -0.39 is 57.9 Å². The van der Waals surface area contributed by atoms with Crippen LogP contribution in [-0.2, 0) is 19.6 Å². The van der Waals surface area contributed by atoms with Gasteiger partial charge in [0.15, 0.2) is 16.7 Å². The van der Waals surface area contributed by atoms with Crippen LogP contribution in [0.1, 0.15) is 78.6 Å². The molecule has 0 aromatic carbocycles. The molecule has 4 fully saturated rings. The van der Waals surface area contributed by atoms with E-state index in [9.17, 15) is 50.6 Å². The van der Waals surface area contributed by atoms with Crippen molar-refractivity contribution in [3.8, 4) is 0 Å². The Bertz CT molecular complexity index is 1070. The summed E-state index contributed by atoms with van der Waals surface area (Å²) in [5.74, 6) is -6.50. The second-order valence-electron chi connectivity index (χ2n) is 13.4. The molecule has 4 aliphatic rings. The third-order valence-electron chi connectivity index (χ3n) is 11.5. The van der Waals surface area contributed by atoms with Crippen molar-refractivity contribution in [1.29, 1.82) is 0 Å². The summed E-state index contributed by atoms with van der Waals surface area (Å²) in [6.07, 6.45) is 3.03. The lowest BCUT2D eigenvalue weighted by Gasteiger charge is -2.63. The number of hydrogen-bond acceptors (Lipinski definition) is 8. The number of alkyl halides is 4. The number of aliphatic hydroxyl groups is 3. The lowest BCUT2D eigenvalue weighted by atomic mass is 9.43. The minimum atomic E-state index is -6.67. The second kappa shape index (κ2) is 10.6. The molecule has 11 atom stereocenters. The molecule has 0 saturated heterocycles. The predicted octanol–water partition coefficient (Wildman–Crippen LogP) is 3.68. The predicted molar refractivity (Wildman–Crippen MR) is 133 cm³/mol. The Morgan fingerprint density at radius 3 is 2.33 bits per heavy atom. The Kier molecular flexibility index (Phi) is 8.46. The lowest BCUT2D eigenvalue weighted by Crippen LogP contribution is -2.62. The average Bonchev–Trinajstić information content (AvgIpc) is 3.20. The van der Waals surface area contributed by atoms with E-state index in [-0.39, 0.29) is 53.4 Å². The highest BCUT2D eigenvalue weighted by molar-refractivity contribution is 7.86. The molecule has 232 valence electrons. The fourth-order valence-electron chi connectivity index (χ4n) is 9.19. The van der Waals surface area contributed by atoms with Crippen LogP contribution in [0.2, 0.25) is 0 Å². The van der Waals surface area contributed by atoms with Gasteiger partial charge in [-0.25, -0.2) is 8.42 Å². The van der Waals surface area contributed by atoms with Crippen LogP contribution in [0, 0.1) is 46.3 Å². The third kappa shape index (κ3) is 5.09. The van der Waals surface area contributed by atoms with Gasteiger partial charge >= 0.3 is 17.1 Å². The van der Waals surface area contributed by atoms with E-state index in [0.717, 1.165) is 19.3 Å². The number of ether oxygens (including phenoxy) is 1. The first kappa shape index (κ1) is 31.9. The number of rotatable bonds is 8. The smallest absolute Gasteiger partial charge is 0.399 e. The molecule has 0 unspecified atom stereocenters. The van der Waals surface area contributed by atoms with Crippen molar-refractivity contribution < 1.29 is 55.4 Å². The Labute approximate surface area is 232 Å². The number of hydrogen-bond donors (Lipinski definition) is 3. The normalized spacial score (nSPS) is 42.9. The third-order valence-corrected chi connectivity index (χ3v) is 12.4. The summed E-state index contributed by atoms with van der Waals surface area (Å²) in [5.41, 5.74) is -0.635. The number of fused-ring (bicyclic) bond motifs is 5. The maximum atomic E-state index is 13.6. The molecule has 40 heavy (non-hydrogen) atoms. The molecular weight excluding hydrogens is 560 g/mol. The van der Waals surface area contributed by atoms with Gasteiger partial charge in [0.1, 0.15) is 0 Å². The van der Waals surface area contributed by atoms with Crippen molar-refractivity contribution in [2.24, 2.45) is 46.3 Å². The molecule has 0 bridgehead atoms. The zero-order valence-electron chi connectivity index (χ0n) is 23.1. The van der Waals surface area contributed by atoms with Crippen LogP contribution in [0.15, 0.2) is 0 Å². The summed E-state index contributed by atoms with van der Waals surface area (Å²) in [5, 5.41) is 27.2. The quantitative estimate of drug-likeness (QED) is 0.217. The molecule has 3 N–H and O–H groups in total. The topological polar surface area (TPSA) is 144 Å². The van der Waals surface area contributed by atoms with E-state index in [4.69, 9.17) is 0 Å². The van der Waals surface area contributed by atoms with Crippen molar-refractivity contribution in [1.82, 2.24) is 0 Å². The van der Waals surface area contributed by atoms with Crippen LogP contribution in [0.25, 0.3) is 0 Å².